The van der Waals surface area contributed by atoms with Crippen molar-refractivity contribution in [3.8, 4) is 34.1 Å². The molecule has 0 fully saturated rings. The summed E-state index contributed by atoms with van der Waals surface area (Å²) < 4.78 is 11.2. The normalized spacial score (nSPS) is 12.0. The fourth-order valence-corrected chi connectivity index (χ4v) is 4.77. The monoisotopic (exact) mass is 508 g/mol. The molecule has 38 heavy (non-hydrogen) atoms. The summed E-state index contributed by atoms with van der Waals surface area (Å²) in [5.74, 6) is 0.803. The molecule has 6 heteroatoms. The molecule has 4 aromatic carbocycles. The molecule has 0 bridgehead atoms. The van der Waals surface area contributed by atoms with Crippen LogP contribution in [0.15, 0.2) is 84.9 Å². The summed E-state index contributed by atoms with van der Waals surface area (Å²) in [6.07, 6.45) is 1.53. The molecular weight excluding hydrogens is 480 g/mol. The predicted octanol–water partition coefficient (Wildman–Crippen LogP) is 6.31. The smallest absolute Gasteiger partial charge is 0.311 e. The first-order chi connectivity index (χ1) is 18.4. The molecule has 0 atom stereocenters. The number of rotatable bonds is 8. The second-order valence-corrected chi connectivity index (χ2v) is 9.50. The van der Waals surface area contributed by atoms with Crippen LogP contribution in [-0.2, 0) is 22.4 Å². The van der Waals surface area contributed by atoms with Crippen LogP contribution in [0, 0.1) is 0 Å². The molecule has 192 valence electrons. The molecule has 1 aliphatic rings. The number of fused-ring (bicyclic) bond motifs is 3. The molecule has 0 spiro atoms. The van der Waals surface area contributed by atoms with E-state index >= 15 is 0 Å². The van der Waals surface area contributed by atoms with Crippen LogP contribution in [0.25, 0.3) is 11.1 Å². The Hall–Kier alpha value is -4.58. The number of carbonyl (C=O) groups excluding carboxylic acids is 2. The molecule has 6 nitrogen and oxygen atoms in total. The maximum absolute atomic E-state index is 12.4. The number of benzene rings is 4. The van der Waals surface area contributed by atoms with E-state index in [-0.39, 0.29) is 42.2 Å². The zero-order valence-electron chi connectivity index (χ0n) is 21.0. The third-order valence-corrected chi connectivity index (χ3v) is 6.84. The van der Waals surface area contributed by atoms with Gasteiger partial charge in [0.05, 0.1) is 0 Å². The van der Waals surface area contributed by atoms with E-state index < -0.39 is 0 Å². The third kappa shape index (κ3) is 5.70. The topological polar surface area (TPSA) is 93.1 Å². The fourth-order valence-electron chi connectivity index (χ4n) is 4.77. The van der Waals surface area contributed by atoms with Crippen LogP contribution in [0.5, 0.6) is 23.0 Å². The Morgan fingerprint density at radius 1 is 0.632 bits per heavy atom. The van der Waals surface area contributed by atoms with E-state index in [4.69, 9.17) is 9.47 Å². The van der Waals surface area contributed by atoms with Crippen LogP contribution in [-0.4, -0.2) is 22.2 Å². The van der Waals surface area contributed by atoms with Gasteiger partial charge in [-0.05, 0) is 94.8 Å². The Morgan fingerprint density at radius 2 is 1.03 bits per heavy atom. The van der Waals surface area contributed by atoms with Crippen LogP contribution < -0.4 is 9.47 Å². The molecular formula is C32H28O6. The summed E-state index contributed by atoms with van der Waals surface area (Å²) in [6, 6.07) is 24.9. The lowest BCUT2D eigenvalue weighted by atomic mass is 9.99. The van der Waals surface area contributed by atoms with Crippen molar-refractivity contribution in [2.45, 2.75) is 38.5 Å². The van der Waals surface area contributed by atoms with Crippen molar-refractivity contribution in [1.29, 1.82) is 0 Å². The van der Waals surface area contributed by atoms with E-state index in [0.717, 1.165) is 33.4 Å². The molecule has 0 aromatic heterocycles. The highest BCUT2D eigenvalue weighted by Gasteiger charge is 2.27. The fraction of sp³-hybridized carbons (Fsp3) is 0.188. The summed E-state index contributed by atoms with van der Waals surface area (Å²) in [5.41, 5.74) is 6.16. The first kappa shape index (κ1) is 25.1. The van der Waals surface area contributed by atoms with Gasteiger partial charge in [-0.25, -0.2) is 0 Å². The predicted molar refractivity (Wildman–Crippen MR) is 144 cm³/mol. The minimum atomic E-state index is -0.317. The zero-order valence-corrected chi connectivity index (χ0v) is 21.0. The van der Waals surface area contributed by atoms with E-state index in [1.54, 1.807) is 60.7 Å². The van der Waals surface area contributed by atoms with Gasteiger partial charge in [0.25, 0.3) is 0 Å². The SMILES string of the molecule is CC1c2cc(OC(=O)CCc3ccc(O)cc3)ccc2-c2ccc(OC(=O)CCc3ccc(O)cc3)cc21. The lowest BCUT2D eigenvalue weighted by molar-refractivity contribution is -0.135. The van der Waals surface area contributed by atoms with Gasteiger partial charge in [-0.3, -0.25) is 9.59 Å². The number of aromatic hydroxyl groups is 2. The standard InChI is InChI=1S/C32H28O6/c1-20-29-18-25(37-31(35)16-6-21-2-8-23(33)9-3-21)12-14-27(29)28-15-13-26(19-30(20)28)38-32(36)17-7-22-4-10-24(34)11-5-22/h2-5,8-15,18-20,33-34H,6-7,16-17H2,1H3. The Bertz CT molecular complexity index is 1360. The number of phenols is 2. The van der Waals surface area contributed by atoms with Crippen LogP contribution >= 0.6 is 0 Å². The molecule has 0 heterocycles. The highest BCUT2D eigenvalue weighted by atomic mass is 16.5. The van der Waals surface area contributed by atoms with E-state index in [2.05, 4.69) is 6.92 Å². The van der Waals surface area contributed by atoms with E-state index in [1.165, 1.54) is 0 Å². The number of esters is 2. The maximum Gasteiger partial charge on any atom is 0.311 e. The van der Waals surface area contributed by atoms with Crippen molar-refractivity contribution >= 4 is 11.9 Å². The minimum absolute atomic E-state index is 0.0475. The van der Waals surface area contributed by atoms with Crippen LogP contribution in [0.1, 0.15) is 47.9 Å². The van der Waals surface area contributed by atoms with Gasteiger partial charge in [0, 0.05) is 18.8 Å². The van der Waals surface area contributed by atoms with Gasteiger partial charge in [0.1, 0.15) is 23.0 Å². The Morgan fingerprint density at radius 3 is 1.42 bits per heavy atom. The zero-order chi connectivity index (χ0) is 26.6. The first-order valence-electron chi connectivity index (χ1n) is 12.6. The van der Waals surface area contributed by atoms with Crippen LogP contribution in [0.3, 0.4) is 0 Å². The molecule has 1 aliphatic carbocycles. The van der Waals surface area contributed by atoms with Gasteiger partial charge in [-0.2, -0.15) is 0 Å². The number of phenolic OH excluding ortho intramolecular Hbond substituents is 2. The molecule has 2 N–H and O–H groups in total. The lowest BCUT2D eigenvalue weighted by Gasteiger charge is -2.10. The van der Waals surface area contributed by atoms with Gasteiger partial charge in [0.2, 0.25) is 0 Å². The van der Waals surface area contributed by atoms with Crippen molar-refractivity contribution < 1.29 is 29.3 Å². The third-order valence-electron chi connectivity index (χ3n) is 6.84. The number of hydrogen-bond acceptors (Lipinski definition) is 6. The quantitative estimate of drug-likeness (QED) is 0.214. The minimum Gasteiger partial charge on any atom is -0.508 e. The van der Waals surface area contributed by atoms with Gasteiger partial charge >= 0.3 is 11.9 Å². The van der Waals surface area contributed by atoms with E-state index in [0.29, 0.717) is 24.3 Å². The Labute approximate surface area is 221 Å². The number of hydrogen-bond donors (Lipinski definition) is 2. The number of carbonyl (C=O) groups is 2. The van der Waals surface area contributed by atoms with Crippen molar-refractivity contribution in [1.82, 2.24) is 0 Å². The molecule has 4 aromatic rings. The van der Waals surface area contributed by atoms with Gasteiger partial charge < -0.3 is 19.7 Å². The molecule has 0 amide bonds. The Balaban J connectivity index is 1.20. The van der Waals surface area contributed by atoms with E-state index in [9.17, 15) is 19.8 Å². The largest absolute Gasteiger partial charge is 0.508 e. The van der Waals surface area contributed by atoms with Crippen molar-refractivity contribution in [2.75, 3.05) is 0 Å². The van der Waals surface area contributed by atoms with E-state index in [1.807, 2.05) is 24.3 Å². The van der Waals surface area contributed by atoms with Gasteiger partial charge in [0.15, 0.2) is 0 Å². The van der Waals surface area contributed by atoms with Crippen LogP contribution in [0.2, 0.25) is 0 Å². The molecule has 0 unspecified atom stereocenters. The van der Waals surface area contributed by atoms with Gasteiger partial charge in [-0.15, -0.1) is 0 Å². The molecule has 0 saturated heterocycles. The number of aryl methyl sites for hydroxylation is 2. The number of ether oxygens (including phenoxy) is 2. The first-order valence-corrected chi connectivity index (χ1v) is 12.6. The maximum atomic E-state index is 12.4. The summed E-state index contributed by atoms with van der Waals surface area (Å²) >= 11 is 0. The van der Waals surface area contributed by atoms with Gasteiger partial charge in [-0.1, -0.05) is 43.3 Å². The molecule has 0 aliphatic heterocycles. The molecule has 5 rings (SSSR count). The van der Waals surface area contributed by atoms with Crippen molar-refractivity contribution in [3.05, 3.63) is 107 Å². The Kier molecular flexibility index (Phi) is 7.13. The second kappa shape index (κ2) is 10.8. The van der Waals surface area contributed by atoms with Crippen molar-refractivity contribution in [3.63, 3.8) is 0 Å². The highest BCUT2D eigenvalue weighted by Crippen LogP contribution is 2.47. The van der Waals surface area contributed by atoms with Crippen LogP contribution in [0.4, 0.5) is 0 Å². The summed E-state index contributed by atoms with van der Waals surface area (Å²) in [5, 5.41) is 18.8. The average molecular weight is 509 g/mol. The average Bonchev–Trinajstić information content (AvgIpc) is 3.18. The summed E-state index contributed by atoms with van der Waals surface area (Å²) in [4.78, 5) is 24.9. The van der Waals surface area contributed by atoms with Crippen molar-refractivity contribution in [2.24, 2.45) is 0 Å². The molecule has 0 radical (unpaired) electrons. The second-order valence-electron chi connectivity index (χ2n) is 9.50. The lowest BCUT2D eigenvalue weighted by Crippen LogP contribution is -2.09. The summed E-state index contributed by atoms with van der Waals surface area (Å²) in [6.45, 7) is 2.08. The summed E-state index contributed by atoms with van der Waals surface area (Å²) in [7, 11) is 0. The highest BCUT2D eigenvalue weighted by molar-refractivity contribution is 5.81. The molecule has 0 saturated carbocycles.